The minimum atomic E-state index is 0.306. The molecule has 1 aromatic heterocycles. The molecule has 0 saturated heterocycles. The summed E-state index contributed by atoms with van der Waals surface area (Å²) < 4.78 is 0.960. The molecule has 5 nitrogen and oxygen atoms in total. The van der Waals surface area contributed by atoms with Gasteiger partial charge in [-0.15, -0.1) is 0 Å². The average molecular weight is 297 g/mol. The Hall–Kier alpha value is -1.40. The zero-order valence-electron chi connectivity index (χ0n) is 9.15. The molecule has 0 saturated carbocycles. The highest BCUT2D eigenvalue weighted by Crippen LogP contribution is 2.21. The predicted octanol–water partition coefficient (Wildman–Crippen LogP) is 1.61. The molecule has 1 aromatic carbocycles. The van der Waals surface area contributed by atoms with Crippen LogP contribution in [0.1, 0.15) is 11.4 Å². The van der Waals surface area contributed by atoms with E-state index in [0.717, 1.165) is 28.8 Å². The van der Waals surface area contributed by atoms with Gasteiger partial charge in [0.25, 0.3) is 0 Å². The average Bonchev–Trinajstić information content (AvgIpc) is 2.82. The van der Waals surface area contributed by atoms with Gasteiger partial charge < -0.3 is 10.4 Å². The highest BCUT2D eigenvalue weighted by Gasteiger charge is 2.01. The molecule has 0 radical (unpaired) electrons. The van der Waals surface area contributed by atoms with Gasteiger partial charge in [-0.2, -0.15) is 5.10 Å². The number of phenolic OH excluding ortho intramolecular Hbond substituents is 1. The van der Waals surface area contributed by atoms with Crippen molar-refractivity contribution in [1.29, 1.82) is 0 Å². The number of aromatic nitrogens is 3. The van der Waals surface area contributed by atoms with Crippen molar-refractivity contribution < 1.29 is 5.11 Å². The second-order valence-corrected chi connectivity index (χ2v) is 4.55. The normalized spacial score (nSPS) is 10.6. The summed E-state index contributed by atoms with van der Waals surface area (Å²) in [6, 6.07) is 5.39. The fraction of sp³-hybridized carbons (Fsp3) is 0.273. The SMILES string of the molecule is Oc1ccc(Br)cc1CNCCc1ncn[nH]1. The van der Waals surface area contributed by atoms with Crippen molar-refractivity contribution in [3.63, 3.8) is 0 Å². The molecule has 0 fully saturated rings. The molecular formula is C11H13BrN4O. The highest BCUT2D eigenvalue weighted by atomic mass is 79.9. The van der Waals surface area contributed by atoms with Gasteiger partial charge in [0, 0.05) is 29.5 Å². The first kappa shape index (κ1) is 12.1. The molecule has 0 unspecified atom stereocenters. The zero-order chi connectivity index (χ0) is 12.1. The number of H-pyrrole nitrogens is 1. The third-order valence-electron chi connectivity index (χ3n) is 2.36. The minimum Gasteiger partial charge on any atom is -0.508 e. The third-order valence-corrected chi connectivity index (χ3v) is 2.85. The summed E-state index contributed by atoms with van der Waals surface area (Å²) in [5.41, 5.74) is 0.872. The maximum absolute atomic E-state index is 9.63. The minimum absolute atomic E-state index is 0.306. The lowest BCUT2D eigenvalue weighted by Crippen LogP contribution is -2.17. The van der Waals surface area contributed by atoms with Crippen LogP contribution in [0.15, 0.2) is 29.0 Å². The van der Waals surface area contributed by atoms with Crippen LogP contribution >= 0.6 is 15.9 Å². The molecule has 17 heavy (non-hydrogen) atoms. The maximum Gasteiger partial charge on any atom is 0.137 e. The first-order chi connectivity index (χ1) is 8.25. The predicted molar refractivity (Wildman–Crippen MR) is 67.6 cm³/mol. The Morgan fingerprint density at radius 1 is 1.41 bits per heavy atom. The number of hydrogen-bond donors (Lipinski definition) is 3. The first-order valence-corrected chi connectivity index (χ1v) is 6.07. The summed E-state index contributed by atoms with van der Waals surface area (Å²) in [5, 5.41) is 19.4. The van der Waals surface area contributed by atoms with E-state index < -0.39 is 0 Å². The van der Waals surface area contributed by atoms with E-state index in [9.17, 15) is 5.11 Å². The van der Waals surface area contributed by atoms with Crippen molar-refractivity contribution in [1.82, 2.24) is 20.5 Å². The van der Waals surface area contributed by atoms with E-state index in [4.69, 9.17) is 0 Å². The van der Waals surface area contributed by atoms with E-state index in [-0.39, 0.29) is 0 Å². The molecule has 0 atom stereocenters. The largest absolute Gasteiger partial charge is 0.508 e. The van der Waals surface area contributed by atoms with Gasteiger partial charge in [0.2, 0.25) is 0 Å². The summed E-state index contributed by atoms with van der Waals surface area (Å²) in [6.45, 7) is 1.40. The van der Waals surface area contributed by atoms with Gasteiger partial charge in [-0.25, -0.2) is 4.98 Å². The molecule has 0 amide bonds. The lowest BCUT2D eigenvalue weighted by molar-refractivity contribution is 0.464. The van der Waals surface area contributed by atoms with Crippen molar-refractivity contribution in [2.75, 3.05) is 6.54 Å². The van der Waals surface area contributed by atoms with Crippen LogP contribution in [-0.4, -0.2) is 26.8 Å². The van der Waals surface area contributed by atoms with Gasteiger partial charge in [-0.1, -0.05) is 15.9 Å². The molecule has 0 aliphatic carbocycles. The van der Waals surface area contributed by atoms with Crippen LogP contribution < -0.4 is 5.32 Å². The van der Waals surface area contributed by atoms with Crippen LogP contribution in [0.2, 0.25) is 0 Å². The number of aromatic hydroxyl groups is 1. The smallest absolute Gasteiger partial charge is 0.137 e. The highest BCUT2D eigenvalue weighted by molar-refractivity contribution is 9.10. The van der Waals surface area contributed by atoms with Crippen molar-refractivity contribution in [2.45, 2.75) is 13.0 Å². The summed E-state index contributed by atoms with van der Waals surface area (Å²) in [6.07, 6.45) is 2.28. The van der Waals surface area contributed by atoms with Crippen LogP contribution in [0.25, 0.3) is 0 Å². The van der Waals surface area contributed by atoms with E-state index in [0.29, 0.717) is 12.3 Å². The van der Waals surface area contributed by atoms with E-state index in [1.165, 1.54) is 6.33 Å². The van der Waals surface area contributed by atoms with Crippen LogP contribution in [0.3, 0.4) is 0 Å². The first-order valence-electron chi connectivity index (χ1n) is 5.28. The lowest BCUT2D eigenvalue weighted by Gasteiger charge is -2.06. The summed E-state index contributed by atoms with van der Waals surface area (Å²) >= 11 is 3.37. The van der Waals surface area contributed by atoms with Gasteiger partial charge in [-0.05, 0) is 18.2 Å². The zero-order valence-corrected chi connectivity index (χ0v) is 10.7. The topological polar surface area (TPSA) is 73.8 Å². The van der Waals surface area contributed by atoms with Crippen molar-refractivity contribution >= 4 is 15.9 Å². The second-order valence-electron chi connectivity index (χ2n) is 3.63. The maximum atomic E-state index is 9.63. The summed E-state index contributed by atoms with van der Waals surface area (Å²) in [7, 11) is 0. The van der Waals surface area contributed by atoms with Gasteiger partial charge in [0.1, 0.15) is 17.9 Å². The Bertz CT molecular complexity index is 472. The van der Waals surface area contributed by atoms with Crippen LogP contribution in [0.5, 0.6) is 5.75 Å². The Balaban J connectivity index is 1.80. The number of phenols is 1. The Morgan fingerprint density at radius 3 is 3.06 bits per heavy atom. The number of aromatic amines is 1. The quantitative estimate of drug-likeness (QED) is 0.733. The molecular weight excluding hydrogens is 284 g/mol. The molecule has 2 rings (SSSR count). The number of halogens is 1. The van der Waals surface area contributed by atoms with Crippen molar-refractivity contribution in [3.8, 4) is 5.75 Å². The number of nitrogens with one attached hydrogen (secondary N) is 2. The van der Waals surface area contributed by atoms with Gasteiger partial charge in [-0.3, -0.25) is 5.10 Å². The molecule has 3 N–H and O–H groups in total. The van der Waals surface area contributed by atoms with Gasteiger partial charge >= 0.3 is 0 Å². The van der Waals surface area contributed by atoms with Crippen molar-refractivity contribution in [2.24, 2.45) is 0 Å². The number of nitrogens with zero attached hydrogens (tertiary/aromatic N) is 2. The Labute approximate surface area is 107 Å². The van der Waals surface area contributed by atoms with Crippen LogP contribution in [0.4, 0.5) is 0 Å². The van der Waals surface area contributed by atoms with E-state index in [1.54, 1.807) is 6.07 Å². The summed E-state index contributed by atoms with van der Waals surface area (Å²) in [4.78, 5) is 4.03. The molecule has 90 valence electrons. The Kier molecular flexibility index (Phi) is 4.11. The number of benzene rings is 1. The van der Waals surface area contributed by atoms with Crippen LogP contribution in [0, 0.1) is 0 Å². The van der Waals surface area contributed by atoms with E-state index in [1.807, 2.05) is 12.1 Å². The summed E-state index contributed by atoms with van der Waals surface area (Å²) in [5.74, 6) is 1.16. The third kappa shape index (κ3) is 3.54. The van der Waals surface area contributed by atoms with Crippen LogP contribution in [-0.2, 0) is 13.0 Å². The van der Waals surface area contributed by atoms with Gasteiger partial charge in [0.15, 0.2) is 0 Å². The molecule has 1 heterocycles. The molecule has 0 aliphatic rings. The number of hydrogen-bond acceptors (Lipinski definition) is 4. The molecule has 0 aliphatic heterocycles. The van der Waals surface area contributed by atoms with Gasteiger partial charge in [0.05, 0.1) is 0 Å². The van der Waals surface area contributed by atoms with Crippen molar-refractivity contribution in [3.05, 3.63) is 40.4 Å². The van der Waals surface area contributed by atoms with E-state index in [2.05, 4.69) is 36.4 Å². The lowest BCUT2D eigenvalue weighted by atomic mass is 10.2. The van der Waals surface area contributed by atoms with E-state index >= 15 is 0 Å². The molecule has 0 bridgehead atoms. The Morgan fingerprint density at radius 2 is 2.29 bits per heavy atom. The standard InChI is InChI=1S/C11H13BrN4O/c12-9-1-2-10(17)8(5-9)6-13-4-3-11-14-7-15-16-11/h1-2,5,7,13,17H,3-4,6H2,(H,14,15,16). The molecule has 2 aromatic rings. The monoisotopic (exact) mass is 296 g/mol. The molecule has 6 heteroatoms. The molecule has 0 spiro atoms. The fourth-order valence-electron chi connectivity index (χ4n) is 1.48. The second kappa shape index (κ2) is 5.79. The number of rotatable bonds is 5. The fourth-order valence-corrected chi connectivity index (χ4v) is 1.89.